The lowest BCUT2D eigenvalue weighted by atomic mass is 9.84. The van der Waals surface area contributed by atoms with Crippen LogP contribution in [-0.4, -0.2) is 31.1 Å². The lowest BCUT2D eigenvalue weighted by Crippen LogP contribution is -2.45. The molecule has 0 spiro atoms. The number of aryl methyl sites for hydroxylation is 1. The maximum atomic E-state index is 3.40. The Morgan fingerprint density at radius 1 is 1.26 bits per heavy atom. The van der Waals surface area contributed by atoms with E-state index in [1.165, 1.54) is 24.9 Å². The third-order valence-electron chi connectivity index (χ3n) is 4.67. The van der Waals surface area contributed by atoms with Gasteiger partial charge in [0, 0.05) is 19.1 Å². The summed E-state index contributed by atoms with van der Waals surface area (Å²) in [7, 11) is 2.06. The summed E-state index contributed by atoms with van der Waals surface area (Å²) >= 11 is 0. The lowest BCUT2D eigenvalue weighted by molar-refractivity contribution is 0.142. The van der Waals surface area contributed by atoms with Crippen LogP contribution >= 0.6 is 0 Å². The van der Waals surface area contributed by atoms with Crippen LogP contribution in [0.5, 0.6) is 0 Å². The minimum Gasteiger partial charge on any atom is -0.317 e. The van der Waals surface area contributed by atoms with Gasteiger partial charge in [-0.3, -0.25) is 4.90 Å². The number of rotatable bonds is 4. The van der Waals surface area contributed by atoms with Crippen molar-refractivity contribution in [3.8, 4) is 0 Å². The number of hydrogen-bond acceptors (Lipinski definition) is 2. The van der Waals surface area contributed by atoms with E-state index in [4.69, 9.17) is 0 Å². The third kappa shape index (κ3) is 3.58. The first-order chi connectivity index (χ1) is 9.03. The molecule has 1 atom stereocenters. The van der Waals surface area contributed by atoms with E-state index in [0.717, 1.165) is 13.1 Å². The topological polar surface area (TPSA) is 15.3 Å². The molecule has 1 N–H and O–H groups in total. The summed E-state index contributed by atoms with van der Waals surface area (Å²) in [5, 5.41) is 3.40. The number of nitrogens with zero attached hydrogens (tertiary/aromatic N) is 1. The van der Waals surface area contributed by atoms with Crippen LogP contribution in [0.15, 0.2) is 24.3 Å². The third-order valence-corrected chi connectivity index (χ3v) is 4.67. The Bertz CT molecular complexity index is 411. The second kappa shape index (κ2) is 6.06. The second-order valence-corrected chi connectivity index (χ2v) is 6.58. The predicted octanol–water partition coefficient (Wildman–Crippen LogP) is 3.07. The molecule has 1 heterocycles. The van der Waals surface area contributed by atoms with Crippen molar-refractivity contribution in [1.82, 2.24) is 10.2 Å². The molecule has 0 aromatic heterocycles. The highest BCUT2D eigenvalue weighted by Gasteiger charge is 2.28. The van der Waals surface area contributed by atoms with Crippen LogP contribution in [0, 0.1) is 5.41 Å². The molecule has 2 heteroatoms. The fraction of sp³-hybridized carbons (Fsp3) is 0.647. The Labute approximate surface area is 118 Å². The Morgan fingerprint density at radius 3 is 2.63 bits per heavy atom. The van der Waals surface area contributed by atoms with Gasteiger partial charge in [0.2, 0.25) is 0 Å². The van der Waals surface area contributed by atoms with Crippen molar-refractivity contribution in [2.75, 3.05) is 20.1 Å². The molecule has 0 amide bonds. The molecule has 1 aromatic carbocycles. The van der Waals surface area contributed by atoms with E-state index in [9.17, 15) is 0 Å². The molecule has 1 aromatic rings. The summed E-state index contributed by atoms with van der Waals surface area (Å²) in [6, 6.07) is 9.46. The molecule has 0 radical (unpaired) electrons. The molecule has 2 nitrogen and oxygen atoms in total. The van der Waals surface area contributed by atoms with Gasteiger partial charge in [0.15, 0.2) is 0 Å². The molecular formula is C17H28N2. The van der Waals surface area contributed by atoms with E-state index >= 15 is 0 Å². The lowest BCUT2D eigenvalue weighted by Gasteiger charge is -2.36. The smallest absolute Gasteiger partial charge is 0.0236 e. The summed E-state index contributed by atoms with van der Waals surface area (Å²) in [4.78, 5) is 2.62. The van der Waals surface area contributed by atoms with Crippen LogP contribution < -0.4 is 5.32 Å². The molecule has 1 aliphatic rings. The highest BCUT2D eigenvalue weighted by molar-refractivity contribution is 5.28. The standard InChI is InChI=1S/C17H28N2/c1-14(18-4)17(2,3)13-19-11-7-10-15-8-5-6-9-16(15)12-19/h5-6,8-9,14,18H,7,10-13H2,1-4H3. The molecule has 0 fully saturated rings. The average molecular weight is 260 g/mol. The minimum atomic E-state index is 0.300. The Morgan fingerprint density at radius 2 is 1.95 bits per heavy atom. The monoisotopic (exact) mass is 260 g/mol. The maximum Gasteiger partial charge on any atom is 0.0236 e. The number of hydrogen-bond donors (Lipinski definition) is 1. The van der Waals surface area contributed by atoms with Crippen LogP contribution in [0.2, 0.25) is 0 Å². The highest BCUT2D eigenvalue weighted by Crippen LogP contribution is 2.25. The van der Waals surface area contributed by atoms with Gasteiger partial charge >= 0.3 is 0 Å². The largest absolute Gasteiger partial charge is 0.317 e. The van der Waals surface area contributed by atoms with Crippen molar-refractivity contribution in [2.45, 2.75) is 46.2 Å². The van der Waals surface area contributed by atoms with E-state index in [2.05, 4.69) is 62.3 Å². The molecule has 106 valence electrons. The predicted molar refractivity (Wildman–Crippen MR) is 82.3 cm³/mol. The molecule has 0 aliphatic carbocycles. The van der Waals surface area contributed by atoms with E-state index in [1.807, 2.05) is 0 Å². The molecule has 19 heavy (non-hydrogen) atoms. The van der Waals surface area contributed by atoms with Gasteiger partial charge in [-0.25, -0.2) is 0 Å². The molecule has 0 saturated heterocycles. The van der Waals surface area contributed by atoms with Gasteiger partial charge in [-0.1, -0.05) is 38.1 Å². The van der Waals surface area contributed by atoms with Gasteiger partial charge in [0.25, 0.3) is 0 Å². The summed E-state index contributed by atoms with van der Waals surface area (Å²) in [5.74, 6) is 0. The van der Waals surface area contributed by atoms with E-state index in [-0.39, 0.29) is 0 Å². The van der Waals surface area contributed by atoms with Gasteiger partial charge < -0.3 is 5.32 Å². The van der Waals surface area contributed by atoms with Crippen LogP contribution in [0.1, 0.15) is 38.3 Å². The number of nitrogens with one attached hydrogen (secondary N) is 1. The van der Waals surface area contributed by atoms with Gasteiger partial charge in [0.1, 0.15) is 0 Å². The average Bonchev–Trinajstić information content (AvgIpc) is 2.58. The fourth-order valence-electron chi connectivity index (χ4n) is 3.01. The molecule has 0 saturated carbocycles. The van der Waals surface area contributed by atoms with E-state index in [0.29, 0.717) is 11.5 Å². The first-order valence-electron chi connectivity index (χ1n) is 7.49. The number of fused-ring (bicyclic) bond motifs is 1. The molecule has 1 aliphatic heterocycles. The van der Waals surface area contributed by atoms with Crippen molar-refractivity contribution in [1.29, 1.82) is 0 Å². The van der Waals surface area contributed by atoms with Gasteiger partial charge in [-0.2, -0.15) is 0 Å². The Hall–Kier alpha value is -0.860. The van der Waals surface area contributed by atoms with E-state index < -0.39 is 0 Å². The second-order valence-electron chi connectivity index (χ2n) is 6.58. The van der Waals surface area contributed by atoms with Crippen molar-refractivity contribution in [3.05, 3.63) is 35.4 Å². The van der Waals surface area contributed by atoms with Crippen molar-refractivity contribution >= 4 is 0 Å². The van der Waals surface area contributed by atoms with E-state index in [1.54, 1.807) is 5.56 Å². The van der Waals surface area contributed by atoms with Gasteiger partial charge in [0.05, 0.1) is 0 Å². The summed E-state index contributed by atoms with van der Waals surface area (Å²) in [6.07, 6.45) is 2.51. The van der Waals surface area contributed by atoms with Crippen LogP contribution in [0.4, 0.5) is 0 Å². The quantitative estimate of drug-likeness (QED) is 0.895. The zero-order valence-electron chi connectivity index (χ0n) is 12.9. The number of benzene rings is 1. The molecule has 0 bridgehead atoms. The van der Waals surface area contributed by atoms with Crippen LogP contribution in [-0.2, 0) is 13.0 Å². The Kier molecular flexibility index (Phi) is 4.64. The van der Waals surface area contributed by atoms with Crippen LogP contribution in [0.3, 0.4) is 0 Å². The summed E-state index contributed by atoms with van der Waals surface area (Å²) in [5.41, 5.74) is 3.37. The zero-order valence-corrected chi connectivity index (χ0v) is 12.9. The van der Waals surface area contributed by atoms with Gasteiger partial charge in [-0.05, 0) is 49.9 Å². The highest BCUT2D eigenvalue weighted by atomic mass is 15.1. The summed E-state index contributed by atoms with van der Waals surface area (Å²) in [6.45, 7) is 10.5. The first-order valence-corrected chi connectivity index (χ1v) is 7.49. The van der Waals surface area contributed by atoms with Crippen LogP contribution in [0.25, 0.3) is 0 Å². The fourth-order valence-corrected chi connectivity index (χ4v) is 3.01. The summed E-state index contributed by atoms with van der Waals surface area (Å²) < 4.78 is 0. The van der Waals surface area contributed by atoms with Crippen molar-refractivity contribution < 1.29 is 0 Å². The first kappa shape index (κ1) is 14.5. The van der Waals surface area contributed by atoms with Crippen molar-refractivity contribution in [2.24, 2.45) is 5.41 Å². The SMILES string of the molecule is CNC(C)C(C)(C)CN1CCCc2ccccc2C1. The maximum absolute atomic E-state index is 3.40. The zero-order chi connectivity index (χ0) is 13.9. The Balaban J connectivity index is 2.07. The normalized spacial score (nSPS) is 18.7. The molecule has 2 rings (SSSR count). The minimum absolute atomic E-state index is 0.300. The molecule has 1 unspecified atom stereocenters. The van der Waals surface area contributed by atoms with Gasteiger partial charge in [-0.15, -0.1) is 0 Å². The molecular weight excluding hydrogens is 232 g/mol. The van der Waals surface area contributed by atoms with Crippen molar-refractivity contribution in [3.63, 3.8) is 0 Å².